The van der Waals surface area contributed by atoms with Crippen molar-refractivity contribution in [1.82, 2.24) is 15.3 Å². The normalized spacial score (nSPS) is 10.8. The number of nitrogens with zero attached hydrogens (tertiary/aromatic N) is 2. The van der Waals surface area contributed by atoms with Crippen LogP contribution in [0.5, 0.6) is 11.5 Å². The summed E-state index contributed by atoms with van der Waals surface area (Å²) >= 11 is 3.08. The number of amides is 1. The fraction of sp³-hybridized carbons (Fsp3) is 0.350. The van der Waals surface area contributed by atoms with E-state index in [1.54, 1.807) is 26.0 Å². The molecule has 154 valence electrons. The first-order valence-corrected chi connectivity index (χ1v) is 11.3. The Morgan fingerprint density at radius 2 is 2.07 bits per heavy atom. The molecule has 1 amide bonds. The van der Waals surface area contributed by atoms with Gasteiger partial charge in [-0.05, 0) is 24.8 Å². The number of rotatable bonds is 9. The van der Waals surface area contributed by atoms with Gasteiger partial charge in [-0.15, -0.1) is 11.3 Å². The number of anilines is 1. The van der Waals surface area contributed by atoms with Crippen molar-refractivity contribution < 1.29 is 14.3 Å². The highest BCUT2D eigenvalue weighted by atomic mass is 32.2. The molecule has 0 saturated carbocycles. The van der Waals surface area contributed by atoms with E-state index in [4.69, 9.17) is 9.47 Å². The molecule has 0 atom stereocenters. The summed E-state index contributed by atoms with van der Waals surface area (Å²) < 4.78 is 10.9. The zero-order valence-corrected chi connectivity index (χ0v) is 18.5. The zero-order chi connectivity index (χ0) is 20.8. The van der Waals surface area contributed by atoms with Crippen molar-refractivity contribution in [2.24, 2.45) is 0 Å². The van der Waals surface area contributed by atoms with Crippen molar-refractivity contribution in [3.05, 3.63) is 40.5 Å². The number of carbonyl (C=O) groups is 1. The van der Waals surface area contributed by atoms with E-state index in [2.05, 4.69) is 20.6 Å². The van der Waals surface area contributed by atoms with Gasteiger partial charge in [0.25, 0.3) is 5.91 Å². The molecule has 0 aliphatic rings. The topological polar surface area (TPSA) is 85.4 Å². The van der Waals surface area contributed by atoms with Crippen molar-refractivity contribution >= 4 is 45.0 Å². The number of thioether (sulfide) groups is 1. The van der Waals surface area contributed by atoms with Crippen LogP contribution < -0.4 is 20.1 Å². The molecule has 2 aromatic heterocycles. The molecule has 9 heteroatoms. The van der Waals surface area contributed by atoms with Gasteiger partial charge >= 0.3 is 0 Å². The van der Waals surface area contributed by atoms with E-state index < -0.39 is 0 Å². The number of nitrogens with one attached hydrogen (secondary N) is 2. The summed E-state index contributed by atoms with van der Waals surface area (Å²) in [5.74, 6) is 2.86. The Morgan fingerprint density at radius 3 is 2.79 bits per heavy atom. The Hall–Kier alpha value is -2.52. The summed E-state index contributed by atoms with van der Waals surface area (Å²) in [5, 5.41) is 7.19. The van der Waals surface area contributed by atoms with Crippen molar-refractivity contribution in [3.8, 4) is 11.5 Å². The number of fused-ring (bicyclic) bond motifs is 1. The van der Waals surface area contributed by atoms with Crippen LogP contribution in [-0.4, -0.2) is 48.6 Å². The second-order valence-corrected chi connectivity index (χ2v) is 8.20. The molecule has 0 aliphatic heterocycles. The number of benzene rings is 1. The van der Waals surface area contributed by atoms with E-state index in [1.807, 2.05) is 31.4 Å². The molecule has 3 rings (SSSR count). The van der Waals surface area contributed by atoms with Gasteiger partial charge in [-0.25, -0.2) is 9.97 Å². The summed E-state index contributed by atoms with van der Waals surface area (Å²) in [5.41, 5.74) is 1.83. The molecule has 0 bridgehead atoms. The zero-order valence-electron chi connectivity index (χ0n) is 16.9. The molecule has 7 nitrogen and oxygen atoms in total. The Bertz CT molecular complexity index is 1010. The standard InChI is InChI=1S/C20H24N4O3S2/c1-12-15-18(22-10-13-6-5-7-14(26-2)16(13)27-3)23-11-24-20(15)29-17(12)19(25)21-8-9-28-4/h5-7,11H,8-10H2,1-4H3,(H,21,25)(H,22,23,24). The van der Waals surface area contributed by atoms with Crippen LogP contribution in [0.15, 0.2) is 24.5 Å². The lowest BCUT2D eigenvalue weighted by molar-refractivity contribution is 0.0960. The number of para-hydroxylation sites is 1. The number of aromatic nitrogens is 2. The predicted molar refractivity (Wildman–Crippen MR) is 120 cm³/mol. The van der Waals surface area contributed by atoms with E-state index >= 15 is 0 Å². The van der Waals surface area contributed by atoms with Crippen LogP contribution in [0.25, 0.3) is 10.2 Å². The first-order chi connectivity index (χ1) is 14.1. The van der Waals surface area contributed by atoms with Crippen molar-refractivity contribution in [2.75, 3.05) is 38.1 Å². The quantitative estimate of drug-likeness (QED) is 0.499. The van der Waals surface area contributed by atoms with Crippen LogP contribution in [0.4, 0.5) is 5.82 Å². The molecule has 1 aromatic carbocycles. The van der Waals surface area contributed by atoms with E-state index in [9.17, 15) is 4.79 Å². The molecule has 2 heterocycles. The Morgan fingerprint density at radius 1 is 1.24 bits per heavy atom. The smallest absolute Gasteiger partial charge is 0.261 e. The first kappa shape index (κ1) is 21.2. The van der Waals surface area contributed by atoms with Crippen molar-refractivity contribution in [1.29, 1.82) is 0 Å². The highest BCUT2D eigenvalue weighted by Crippen LogP contribution is 2.35. The van der Waals surface area contributed by atoms with Gasteiger partial charge in [0.2, 0.25) is 0 Å². The van der Waals surface area contributed by atoms with E-state index in [1.165, 1.54) is 17.7 Å². The first-order valence-electron chi connectivity index (χ1n) is 9.05. The van der Waals surface area contributed by atoms with Crippen LogP contribution in [-0.2, 0) is 6.54 Å². The van der Waals surface area contributed by atoms with Gasteiger partial charge in [0.05, 0.1) is 24.5 Å². The molecule has 29 heavy (non-hydrogen) atoms. The molecule has 0 radical (unpaired) electrons. The third-order valence-electron chi connectivity index (χ3n) is 4.46. The maximum atomic E-state index is 12.5. The lowest BCUT2D eigenvalue weighted by Gasteiger charge is -2.13. The SMILES string of the molecule is COc1cccc(CNc2ncnc3sc(C(=O)NCCSC)c(C)c23)c1OC. The molecule has 2 N–H and O–H groups in total. The number of hydrogen-bond acceptors (Lipinski definition) is 8. The van der Waals surface area contributed by atoms with E-state index in [-0.39, 0.29) is 5.91 Å². The fourth-order valence-electron chi connectivity index (χ4n) is 3.04. The summed E-state index contributed by atoms with van der Waals surface area (Å²) in [7, 11) is 3.23. The number of ether oxygens (including phenoxy) is 2. The summed E-state index contributed by atoms with van der Waals surface area (Å²) in [6, 6.07) is 5.74. The maximum absolute atomic E-state index is 12.5. The minimum atomic E-state index is -0.0695. The fourth-order valence-corrected chi connectivity index (χ4v) is 4.41. The Kier molecular flexibility index (Phi) is 7.16. The van der Waals surface area contributed by atoms with Crippen LogP contribution >= 0.6 is 23.1 Å². The van der Waals surface area contributed by atoms with Crippen LogP contribution in [0.1, 0.15) is 20.8 Å². The third-order valence-corrected chi connectivity index (χ3v) is 6.27. The number of carbonyl (C=O) groups excluding carboxylic acids is 1. The number of methoxy groups -OCH3 is 2. The van der Waals surface area contributed by atoms with Crippen LogP contribution in [0.3, 0.4) is 0 Å². The molecule has 0 spiro atoms. The van der Waals surface area contributed by atoms with E-state index in [0.29, 0.717) is 35.3 Å². The molecular weight excluding hydrogens is 408 g/mol. The number of aryl methyl sites for hydroxylation is 1. The largest absolute Gasteiger partial charge is 0.493 e. The lowest BCUT2D eigenvalue weighted by Crippen LogP contribution is -2.25. The molecule has 0 aliphatic carbocycles. The maximum Gasteiger partial charge on any atom is 0.261 e. The van der Waals surface area contributed by atoms with Gasteiger partial charge in [-0.3, -0.25) is 4.79 Å². The second kappa shape index (κ2) is 9.80. The average molecular weight is 433 g/mol. The number of hydrogen-bond donors (Lipinski definition) is 2. The molecule has 0 fully saturated rings. The third kappa shape index (κ3) is 4.56. The van der Waals surface area contributed by atoms with Crippen molar-refractivity contribution in [3.63, 3.8) is 0 Å². The predicted octanol–water partition coefficient (Wildman–Crippen LogP) is 3.72. The summed E-state index contributed by atoms with van der Waals surface area (Å²) in [6.45, 7) is 3.07. The van der Waals surface area contributed by atoms with Gasteiger partial charge in [-0.2, -0.15) is 11.8 Å². The highest BCUT2D eigenvalue weighted by Gasteiger charge is 2.19. The van der Waals surface area contributed by atoms with Gasteiger partial charge in [0.1, 0.15) is 17.0 Å². The van der Waals surface area contributed by atoms with Crippen molar-refractivity contribution in [2.45, 2.75) is 13.5 Å². The van der Waals surface area contributed by atoms with Crippen LogP contribution in [0.2, 0.25) is 0 Å². The van der Waals surface area contributed by atoms with Crippen LogP contribution in [0, 0.1) is 6.92 Å². The minimum absolute atomic E-state index is 0.0695. The minimum Gasteiger partial charge on any atom is -0.493 e. The molecule has 3 aromatic rings. The highest BCUT2D eigenvalue weighted by molar-refractivity contribution is 7.98. The average Bonchev–Trinajstić information content (AvgIpc) is 3.09. The summed E-state index contributed by atoms with van der Waals surface area (Å²) in [4.78, 5) is 22.8. The molecule has 0 saturated heterocycles. The summed E-state index contributed by atoms with van der Waals surface area (Å²) in [6.07, 6.45) is 3.53. The lowest BCUT2D eigenvalue weighted by atomic mass is 10.1. The number of thiophene rings is 1. The Balaban J connectivity index is 1.87. The van der Waals surface area contributed by atoms with Gasteiger partial charge in [-0.1, -0.05) is 12.1 Å². The van der Waals surface area contributed by atoms with Gasteiger partial charge < -0.3 is 20.1 Å². The second-order valence-electron chi connectivity index (χ2n) is 6.21. The Labute approximate surface area is 178 Å². The van der Waals surface area contributed by atoms with Gasteiger partial charge in [0, 0.05) is 24.4 Å². The monoisotopic (exact) mass is 432 g/mol. The molecule has 0 unspecified atom stereocenters. The van der Waals surface area contributed by atoms with Gasteiger partial charge in [0.15, 0.2) is 11.5 Å². The van der Waals surface area contributed by atoms with E-state index in [0.717, 1.165) is 27.1 Å². The molecular formula is C20H24N4O3S2.